The Morgan fingerprint density at radius 3 is 1.78 bits per heavy atom. The molecule has 0 aromatic carbocycles. The Hall–Kier alpha value is -0.530. The van der Waals surface area contributed by atoms with Crippen LogP contribution in [0.3, 0.4) is 0 Å². The maximum atomic E-state index is 11.7. The summed E-state index contributed by atoms with van der Waals surface area (Å²) in [4.78, 5) is 11.7. The van der Waals surface area contributed by atoms with Gasteiger partial charge in [-0.1, -0.05) is 45.4 Å². The van der Waals surface area contributed by atoms with Crippen molar-refractivity contribution in [2.75, 3.05) is 0 Å². The summed E-state index contributed by atoms with van der Waals surface area (Å²) in [7, 11) is 0. The van der Waals surface area contributed by atoms with E-state index in [1.165, 1.54) is 64.2 Å². The predicted octanol–water partition coefficient (Wildman–Crippen LogP) is 4.47. The zero-order valence-electron chi connectivity index (χ0n) is 11.8. The van der Waals surface area contributed by atoms with Gasteiger partial charge in [-0.15, -0.1) is 0 Å². The minimum Gasteiger partial charge on any atom is -0.462 e. The third-order valence-corrected chi connectivity index (χ3v) is 4.79. The van der Waals surface area contributed by atoms with Crippen LogP contribution >= 0.6 is 0 Å². The summed E-state index contributed by atoms with van der Waals surface area (Å²) < 4.78 is 5.84. The number of esters is 1. The molecule has 2 aliphatic carbocycles. The van der Waals surface area contributed by atoms with Gasteiger partial charge in [0, 0.05) is 6.42 Å². The first-order chi connectivity index (χ1) is 8.81. The second-order valence-electron chi connectivity index (χ2n) is 6.10. The van der Waals surface area contributed by atoms with Gasteiger partial charge < -0.3 is 4.74 Å². The maximum absolute atomic E-state index is 11.7. The molecular weight excluding hydrogens is 224 g/mol. The average molecular weight is 252 g/mol. The van der Waals surface area contributed by atoms with E-state index in [4.69, 9.17) is 4.74 Å². The molecule has 0 N–H and O–H groups in total. The monoisotopic (exact) mass is 252 g/mol. The van der Waals surface area contributed by atoms with Crippen LogP contribution in [0, 0.1) is 11.8 Å². The second-order valence-corrected chi connectivity index (χ2v) is 6.10. The summed E-state index contributed by atoms with van der Waals surface area (Å²) in [5, 5.41) is 0. The quantitative estimate of drug-likeness (QED) is 0.690. The van der Waals surface area contributed by atoms with E-state index in [-0.39, 0.29) is 12.1 Å². The first-order valence-electron chi connectivity index (χ1n) is 8.00. The maximum Gasteiger partial charge on any atom is 0.305 e. The zero-order chi connectivity index (χ0) is 12.8. The van der Waals surface area contributed by atoms with Crippen LogP contribution in [-0.4, -0.2) is 12.1 Å². The van der Waals surface area contributed by atoms with Crippen molar-refractivity contribution in [1.82, 2.24) is 0 Å². The molecule has 2 fully saturated rings. The van der Waals surface area contributed by atoms with E-state index in [1.807, 2.05) is 6.92 Å². The first-order valence-corrected chi connectivity index (χ1v) is 8.00. The molecule has 0 aromatic rings. The van der Waals surface area contributed by atoms with E-state index in [0.29, 0.717) is 18.3 Å². The highest BCUT2D eigenvalue weighted by atomic mass is 16.5. The van der Waals surface area contributed by atoms with Gasteiger partial charge in [-0.25, -0.2) is 0 Å². The Labute approximate surface area is 111 Å². The Morgan fingerprint density at radius 2 is 1.39 bits per heavy atom. The minimum absolute atomic E-state index is 0.0103. The number of rotatable bonds is 4. The fourth-order valence-electron chi connectivity index (χ4n) is 3.74. The molecular formula is C16H28O2. The summed E-state index contributed by atoms with van der Waals surface area (Å²) in [6.45, 7) is 1.90. The molecule has 0 saturated heterocycles. The molecule has 0 bridgehead atoms. The summed E-state index contributed by atoms with van der Waals surface area (Å²) in [5.74, 6) is 1.31. The Morgan fingerprint density at radius 1 is 0.944 bits per heavy atom. The van der Waals surface area contributed by atoms with Gasteiger partial charge in [-0.3, -0.25) is 4.79 Å². The fraction of sp³-hybridized carbons (Fsp3) is 0.938. The van der Waals surface area contributed by atoms with Crippen LogP contribution < -0.4 is 0 Å². The van der Waals surface area contributed by atoms with Gasteiger partial charge in [0.15, 0.2) is 0 Å². The molecule has 0 spiro atoms. The first kappa shape index (κ1) is 13.9. The summed E-state index contributed by atoms with van der Waals surface area (Å²) >= 11 is 0. The normalized spacial score (nSPS) is 23.2. The standard InChI is InChI=1S/C16H28O2/c1-2-15(17)18-16(13-9-5-3-6-10-13)14-11-7-4-8-12-14/h13-14,16H,2-12H2,1H3. The summed E-state index contributed by atoms with van der Waals surface area (Å²) in [6, 6.07) is 0. The lowest BCUT2D eigenvalue weighted by molar-refractivity contribution is -0.157. The van der Waals surface area contributed by atoms with Crippen LogP contribution in [0.25, 0.3) is 0 Å². The molecule has 0 amide bonds. The summed E-state index contributed by atoms with van der Waals surface area (Å²) in [5.41, 5.74) is 0. The second kappa shape index (κ2) is 7.16. The fourth-order valence-corrected chi connectivity index (χ4v) is 3.74. The van der Waals surface area contributed by atoms with E-state index in [9.17, 15) is 4.79 Å². The third kappa shape index (κ3) is 3.73. The van der Waals surface area contributed by atoms with Crippen molar-refractivity contribution in [2.24, 2.45) is 11.8 Å². The molecule has 2 aliphatic rings. The van der Waals surface area contributed by atoms with E-state index < -0.39 is 0 Å². The van der Waals surface area contributed by atoms with Crippen molar-refractivity contribution in [2.45, 2.75) is 83.7 Å². The van der Waals surface area contributed by atoms with Crippen molar-refractivity contribution in [3.05, 3.63) is 0 Å². The molecule has 0 atom stereocenters. The van der Waals surface area contributed by atoms with Crippen LogP contribution in [0.2, 0.25) is 0 Å². The smallest absolute Gasteiger partial charge is 0.305 e. The van der Waals surface area contributed by atoms with Crippen molar-refractivity contribution < 1.29 is 9.53 Å². The molecule has 2 saturated carbocycles. The van der Waals surface area contributed by atoms with Gasteiger partial charge in [-0.05, 0) is 37.5 Å². The van der Waals surface area contributed by atoms with Crippen molar-refractivity contribution >= 4 is 5.97 Å². The lowest BCUT2D eigenvalue weighted by Crippen LogP contribution is -2.36. The van der Waals surface area contributed by atoms with Crippen LogP contribution in [0.5, 0.6) is 0 Å². The summed E-state index contributed by atoms with van der Waals surface area (Å²) in [6.07, 6.45) is 13.9. The van der Waals surface area contributed by atoms with Crippen molar-refractivity contribution in [1.29, 1.82) is 0 Å². The SMILES string of the molecule is CCC(=O)OC(C1CCCCC1)C1CCCCC1. The van der Waals surface area contributed by atoms with E-state index in [0.717, 1.165) is 0 Å². The highest BCUT2D eigenvalue weighted by molar-refractivity contribution is 5.69. The van der Waals surface area contributed by atoms with Crippen molar-refractivity contribution in [3.8, 4) is 0 Å². The Bertz CT molecular complexity index is 232. The Balaban J connectivity index is 1.97. The number of carbonyl (C=O) groups excluding carboxylic acids is 1. The minimum atomic E-state index is 0.0103. The van der Waals surface area contributed by atoms with Crippen LogP contribution in [0.1, 0.15) is 77.6 Å². The highest BCUT2D eigenvalue weighted by Gasteiger charge is 2.33. The van der Waals surface area contributed by atoms with Gasteiger partial charge >= 0.3 is 5.97 Å². The molecule has 0 radical (unpaired) electrons. The van der Waals surface area contributed by atoms with E-state index in [1.54, 1.807) is 0 Å². The van der Waals surface area contributed by atoms with Gasteiger partial charge in [0.05, 0.1) is 0 Å². The molecule has 0 aliphatic heterocycles. The molecule has 2 rings (SSSR count). The number of hydrogen-bond donors (Lipinski definition) is 0. The van der Waals surface area contributed by atoms with Crippen LogP contribution in [-0.2, 0) is 9.53 Å². The Kier molecular flexibility index (Phi) is 5.52. The number of ether oxygens (including phenoxy) is 1. The number of hydrogen-bond acceptors (Lipinski definition) is 2. The van der Waals surface area contributed by atoms with Gasteiger partial charge in [0.25, 0.3) is 0 Å². The topological polar surface area (TPSA) is 26.3 Å². The molecule has 2 heteroatoms. The zero-order valence-corrected chi connectivity index (χ0v) is 11.8. The third-order valence-electron chi connectivity index (χ3n) is 4.79. The van der Waals surface area contributed by atoms with E-state index in [2.05, 4.69) is 0 Å². The lowest BCUT2D eigenvalue weighted by atomic mass is 9.75. The predicted molar refractivity (Wildman–Crippen MR) is 73.3 cm³/mol. The van der Waals surface area contributed by atoms with Crippen LogP contribution in [0.15, 0.2) is 0 Å². The van der Waals surface area contributed by atoms with Gasteiger partial charge in [0.1, 0.15) is 6.10 Å². The average Bonchev–Trinajstić information content (AvgIpc) is 2.46. The lowest BCUT2D eigenvalue weighted by Gasteiger charge is -2.37. The molecule has 0 heterocycles. The molecule has 18 heavy (non-hydrogen) atoms. The largest absolute Gasteiger partial charge is 0.462 e. The van der Waals surface area contributed by atoms with E-state index >= 15 is 0 Å². The van der Waals surface area contributed by atoms with Crippen LogP contribution in [0.4, 0.5) is 0 Å². The van der Waals surface area contributed by atoms with Gasteiger partial charge in [-0.2, -0.15) is 0 Å². The van der Waals surface area contributed by atoms with Crippen molar-refractivity contribution in [3.63, 3.8) is 0 Å². The molecule has 104 valence electrons. The number of carbonyl (C=O) groups is 1. The highest BCUT2D eigenvalue weighted by Crippen LogP contribution is 2.37. The molecule has 2 nitrogen and oxygen atoms in total. The van der Waals surface area contributed by atoms with Gasteiger partial charge in [0.2, 0.25) is 0 Å². The molecule has 0 aromatic heterocycles. The molecule has 0 unspecified atom stereocenters.